The first-order valence-electron chi connectivity index (χ1n) is 11.0. The Bertz CT molecular complexity index is 783. The van der Waals surface area contributed by atoms with Gasteiger partial charge in [-0.25, -0.2) is 4.39 Å². The van der Waals surface area contributed by atoms with Crippen LogP contribution in [0.2, 0.25) is 0 Å². The number of nitrogens with zero attached hydrogens (tertiary/aromatic N) is 2. The molecule has 2 heterocycles. The smallest absolute Gasteiger partial charge is 0.224 e. The summed E-state index contributed by atoms with van der Waals surface area (Å²) in [7, 11) is 0. The normalized spacial score (nSPS) is 19.3. The van der Waals surface area contributed by atoms with Gasteiger partial charge in [-0.2, -0.15) is 0 Å². The molecule has 164 valence electrons. The summed E-state index contributed by atoms with van der Waals surface area (Å²) in [6, 6.07) is 4.33. The average molecular weight is 418 g/mol. The molecule has 0 unspecified atom stereocenters. The lowest BCUT2D eigenvalue weighted by atomic mass is 9.93. The van der Waals surface area contributed by atoms with Crippen molar-refractivity contribution in [3.05, 3.63) is 29.6 Å². The summed E-state index contributed by atoms with van der Waals surface area (Å²) >= 11 is 0. The van der Waals surface area contributed by atoms with Gasteiger partial charge in [0.2, 0.25) is 17.7 Å². The van der Waals surface area contributed by atoms with Gasteiger partial charge in [0, 0.05) is 51.1 Å². The molecule has 7 heteroatoms. The third-order valence-electron chi connectivity index (χ3n) is 6.10. The Balaban J connectivity index is 1.38. The molecule has 1 N–H and O–H groups in total. The maximum atomic E-state index is 13.2. The number of hydrogen-bond donors (Lipinski definition) is 1. The summed E-state index contributed by atoms with van der Waals surface area (Å²) in [5, 5.41) is 2.85. The van der Waals surface area contributed by atoms with Crippen LogP contribution in [0.3, 0.4) is 0 Å². The Hall–Kier alpha value is -2.44. The van der Waals surface area contributed by atoms with E-state index >= 15 is 0 Å². The zero-order valence-corrected chi connectivity index (χ0v) is 17.8. The first-order chi connectivity index (χ1) is 14.4. The van der Waals surface area contributed by atoms with Crippen LogP contribution >= 0.6 is 0 Å². The van der Waals surface area contributed by atoms with E-state index in [9.17, 15) is 18.8 Å². The van der Waals surface area contributed by atoms with Gasteiger partial charge in [0.1, 0.15) is 5.82 Å². The Morgan fingerprint density at radius 1 is 1.20 bits per heavy atom. The molecule has 0 aromatic heterocycles. The molecule has 3 rings (SSSR count). The number of amides is 3. The molecule has 1 aromatic carbocycles. The van der Waals surface area contributed by atoms with Crippen molar-refractivity contribution in [1.29, 1.82) is 0 Å². The number of likely N-dealkylation sites (tertiary alicyclic amines) is 2. The van der Waals surface area contributed by atoms with E-state index < -0.39 is 0 Å². The molecule has 2 aliphatic heterocycles. The number of hydrogen-bond acceptors (Lipinski definition) is 3. The first kappa shape index (κ1) is 22.2. The third kappa shape index (κ3) is 6.28. The number of nitrogens with one attached hydrogen (secondary N) is 1. The van der Waals surface area contributed by atoms with Crippen LogP contribution in [0.1, 0.15) is 56.9 Å². The number of halogens is 1. The molecule has 0 aliphatic carbocycles. The molecule has 2 saturated heterocycles. The number of aryl methyl sites for hydroxylation is 1. The van der Waals surface area contributed by atoms with E-state index in [1.165, 1.54) is 12.1 Å². The summed E-state index contributed by atoms with van der Waals surface area (Å²) in [5.74, 6) is 0.281. The van der Waals surface area contributed by atoms with Gasteiger partial charge in [-0.3, -0.25) is 14.4 Å². The number of carbonyl (C=O) groups excluding carboxylic acids is 3. The van der Waals surface area contributed by atoms with E-state index in [4.69, 9.17) is 0 Å². The minimum atomic E-state index is -0.315. The van der Waals surface area contributed by atoms with Crippen LogP contribution in [-0.2, 0) is 14.4 Å². The topological polar surface area (TPSA) is 69.7 Å². The lowest BCUT2D eigenvalue weighted by molar-refractivity contribution is -0.134. The lowest BCUT2D eigenvalue weighted by Crippen LogP contribution is -2.40. The number of carbonyl (C=O) groups is 3. The lowest BCUT2D eigenvalue weighted by Gasteiger charge is -2.33. The summed E-state index contributed by atoms with van der Waals surface area (Å²) in [4.78, 5) is 40.3. The van der Waals surface area contributed by atoms with Gasteiger partial charge < -0.3 is 15.1 Å². The Kier molecular flexibility index (Phi) is 7.82. The first-order valence-corrected chi connectivity index (χ1v) is 11.0. The summed E-state index contributed by atoms with van der Waals surface area (Å²) in [5.41, 5.74) is 1.34. The van der Waals surface area contributed by atoms with E-state index in [1.807, 2.05) is 9.80 Å². The van der Waals surface area contributed by atoms with Crippen LogP contribution in [0.4, 0.5) is 10.1 Å². The van der Waals surface area contributed by atoms with Crippen LogP contribution in [-0.4, -0.2) is 53.7 Å². The van der Waals surface area contributed by atoms with Gasteiger partial charge in [-0.1, -0.05) is 0 Å². The van der Waals surface area contributed by atoms with Gasteiger partial charge in [0.25, 0.3) is 0 Å². The molecule has 0 saturated carbocycles. The predicted molar refractivity (Wildman–Crippen MR) is 113 cm³/mol. The minimum absolute atomic E-state index is 0.0801. The van der Waals surface area contributed by atoms with Gasteiger partial charge in [0.15, 0.2) is 0 Å². The van der Waals surface area contributed by atoms with Crippen molar-refractivity contribution in [3.63, 3.8) is 0 Å². The van der Waals surface area contributed by atoms with Crippen molar-refractivity contribution in [2.45, 2.75) is 58.3 Å². The second-order valence-corrected chi connectivity index (χ2v) is 8.48. The van der Waals surface area contributed by atoms with Crippen molar-refractivity contribution >= 4 is 23.4 Å². The largest absolute Gasteiger partial charge is 0.343 e. The van der Waals surface area contributed by atoms with E-state index in [1.54, 1.807) is 13.0 Å². The monoisotopic (exact) mass is 417 g/mol. The van der Waals surface area contributed by atoms with Gasteiger partial charge in [0.05, 0.1) is 0 Å². The highest BCUT2D eigenvalue weighted by atomic mass is 19.1. The zero-order chi connectivity index (χ0) is 21.5. The van der Waals surface area contributed by atoms with Gasteiger partial charge >= 0.3 is 0 Å². The van der Waals surface area contributed by atoms with Crippen LogP contribution in [0.15, 0.2) is 18.2 Å². The SMILES string of the molecule is Cc1cc(F)ccc1NC(=O)CC[C@H]1CCCN(C(=O)CCCN2CCCC2=O)C1. The standard InChI is InChI=1S/C23H32FN3O3/c1-17-15-19(24)9-10-20(17)25-21(28)11-8-18-5-2-14-27(16-18)23(30)7-4-13-26-12-3-6-22(26)29/h9-10,15,18H,2-8,11-14,16H2,1H3,(H,25,28)/t18-/m1/s1. The molecule has 0 radical (unpaired) electrons. The van der Waals surface area contributed by atoms with Crippen LogP contribution in [0.25, 0.3) is 0 Å². The second-order valence-electron chi connectivity index (χ2n) is 8.48. The summed E-state index contributed by atoms with van der Waals surface area (Å²) < 4.78 is 13.2. The maximum Gasteiger partial charge on any atom is 0.224 e. The highest BCUT2D eigenvalue weighted by Crippen LogP contribution is 2.23. The Morgan fingerprint density at radius 3 is 2.77 bits per heavy atom. The van der Waals surface area contributed by atoms with Crippen molar-refractivity contribution in [1.82, 2.24) is 9.80 Å². The molecular formula is C23H32FN3O3. The molecule has 1 atom stereocenters. The third-order valence-corrected chi connectivity index (χ3v) is 6.10. The zero-order valence-electron chi connectivity index (χ0n) is 17.8. The highest BCUT2D eigenvalue weighted by molar-refractivity contribution is 5.91. The molecule has 30 heavy (non-hydrogen) atoms. The number of anilines is 1. The van der Waals surface area contributed by atoms with Gasteiger partial charge in [-0.05, 0) is 68.7 Å². The van der Waals surface area contributed by atoms with Crippen LogP contribution in [0.5, 0.6) is 0 Å². The van der Waals surface area contributed by atoms with E-state index in [2.05, 4.69) is 5.32 Å². The second kappa shape index (κ2) is 10.5. The van der Waals surface area contributed by atoms with Crippen molar-refractivity contribution in [2.75, 3.05) is 31.5 Å². The van der Waals surface area contributed by atoms with Crippen molar-refractivity contribution in [3.8, 4) is 0 Å². The quantitative estimate of drug-likeness (QED) is 0.704. The van der Waals surface area contributed by atoms with Crippen LogP contribution in [0, 0.1) is 18.7 Å². The molecular weight excluding hydrogens is 385 g/mol. The predicted octanol–water partition coefficient (Wildman–Crippen LogP) is 3.49. The average Bonchev–Trinajstić information content (AvgIpc) is 3.13. The van der Waals surface area contributed by atoms with Crippen LogP contribution < -0.4 is 5.32 Å². The summed E-state index contributed by atoms with van der Waals surface area (Å²) in [6.07, 6.45) is 5.85. The molecule has 0 bridgehead atoms. The fourth-order valence-corrected chi connectivity index (χ4v) is 4.36. The highest BCUT2D eigenvalue weighted by Gasteiger charge is 2.25. The number of benzene rings is 1. The molecule has 1 aromatic rings. The van der Waals surface area contributed by atoms with E-state index in [0.717, 1.165) is 38.8 Å². The van der Waals surface area contributed by atoms with Crippen molar-refractivity contribution in [2.24, 2.45) is 5.92 Å². The van der Waals surface area contributed by atoms with Gasteiger partial charge in [-0.15, -0.1) is 0 Å². The molecule has 0 spiro atoms. The number of rotatable bonds is 8. The van der Waals surface area contributed by atoms with E-state index in [0.29, 0.717) is 55.9 Å². The maximum absolute atomic E-state index is 13.2. The Morgan fingerprint density at radius 2 is 2.03 bits per heavy atom. The van der Waals surface area contributed by atoms with E-state index in [-0.39, 0.29) is 23.5 Å². The summed E-state index contributed by atoms with van der Waals surface area (Å²) in [6.45, 7) is 4.73. The minimum Gasteiger partial charge on any atom is -0.343 e. The molecule has 6 nitrogen and oxygen atoms in total. The number of piperidine rings is 1. The molecule has 3 amide bonds. The fraction of sp³-hybridized carbons (Fsp3) is 0.609. The molecule has 2 aliphatic rings. The molecule has 2 fully saturated rings. The Labute approximate surface area is 177 Å². The van der Waals surface area contributed by atoms with Crippen molar-refractivity contribution < 1.29 is 18.8 Å². The fourth-order valence-electron chi connectivity index (χ4n) is 4.36.